The maximum atomic E-state index is 12.1. The summed E-state index contributed by atoms with van der Waals surface area (Å²) in [7, 11) is 0. The molecule has 0 heterocycles. The Hall–Kier alpha value is -1.69. The first-order chi connectivity index (χ1) is 8.44. The Morgan fingerprint density at radius 1 is 1.50 bits per heavy atom. The van der Waals surface area contributed by atoms with E-state index >= 15 is 0 Å². The summed E-state index contributed by atoms with van der Waals surface area (Å²) in [6.45, 7) is -2.93. The van der Waals surface area contributed by atoms with Crippen molar-refractivity contribution >= 4 is 5.97 Å². The minimum atomic E-state index is -2.93. The molecule has 0 saturated heterocycles. The van der Waals surface area contributed by atoms with Gasteiger partial charge in [0.25, 0.3) is 0 Å². The molecule has 3 N–H and O–H groups in total. The Labute approximate surface area is 102 Å². The smallest absolute Gasteiger partial charge is 0.387 e. The lowest BCUT2D eigenvalue weighted by atomic mass is 9.62. The lowest BCUT2D eigenvalue weighted by molar-refractivity contribution is -0.148. The SMILES string of the molecule is NC1CC(C(=O)O)(c2cccc(OC(F)F)c2)C1. The van der Waals surface area contributed by atoms with Crippen LogP contribution in [0.15, 0.2) is 24.3 Å². The second kappa shape index (κ2) is 4.53. The normalized spacial score (nSPS) is 26.8. The quantitative estimate of drug-likeness (QED) is 0.861. The van der Waals surface area contributed by atoms with Crippen molar-refractivity contribution in [2.45, 2.75) is 30.9 Å². The highest BCUT2D eigenvalue weighted by molar-refractivity contribution is 5.83. The molecule has 1 saturated carbocycles. The summed E-state index contributed by atoms with van der Waals surface area (Å²) in [6.07, 6.45) is 0.612. The number of hydrogen-bond donors (Lipinski definition) is 2. The average Bonchev–Trinajstić information content (AvgIpc) is 2.23. The van der Waals surface area contributed by atoms with Crippen molar-refractivity contribution in [2.24, 2.45) is 5.73 Å². The second-order valence-corrected chi connectivity index (χ2v) is 4.46. The Morgan fingerprint density at radius 2 is 2.17 bits per heavy atom. The van der Waals surface area contributed by atoms with Crippen LogP contribution in [0.4, 0.5) is 8.78 Å². The van der Waals surface area contributed by atoms with Crippen LogP contribution in [-0.2, 0) is 10.2 Å². The molecule has 1 aromatic rings. The van der Waals surface area contributed by atoms with Gasteiger partial charge in [-0.1, -0.05) is 12.1 Å². The number of rotatable bonds is 4. The number of benzene rings is 1. The predicted octanol–water partition coefficient (Wildman–Crippen LogP) is 1.73. The number of hydrogen-bond acceptors (Lipinski definition) is 3. The Kier molecular flexibility index (Phi) is 3.21. The molecule has 0 bridgehead atoms. The van der Waals surface area contributed by atoms with Crippen molar-refractivity contribution < 1.29 is 23.4 Å². The fourth-order valence-electron chi connectivity index (χ4n) is 2.34. The molecule has 1 aromatic carbocycles. The summed E-state index contributed by atoms with van der Waals surface area (Å²) in [5.41, 5.74) is 5.02. The van der Waals surface area contributed by atoms with E-state index in [9.17, 15) is 18.7 Å². The molecule has 18 heavy (non-hydrogen) atoms. The van der Waals surface area contributed by atoms with E-state index in [-0.39, 0.29) is 11.8 Å². The van der Waals surface area contributed by atoms with Gasteiger partial charge in [-0.15, -0.1) is 0 Å². The zero-order valence-corrected chi connectivity index (χ0v) is 9.48. The average molecular weight is 257 g/mol. The van der Waals surface area contributed by atoms with Crippen molar-refractivity contribution in [1.29, 1.82) is 0 Å². The molecule has 1 aliphatic rings. The molecule has 4 nitrogen and oxygen atoms in total. The molecule has 1 fully saturated rings. The Bertz CT molecular complexity index is 458. The molecule has 0 spiro atoms. The highest BCUT2D eigenvalue weighted by Gasteiger charge is 2.50. The van der Waals surface area contributed by atoms with Gasteiger partial charge >= 0.3 is 12.6 Å². The Morgan fingerprint density at radius 3 is 2.67 bits per heavy atom. The van der Waals surface area contributed by atoms with Crippen molar-refractivity contribution in [3.63, 3.8) is 0 Å². The largest absolute Gasteiger partial charge is 0.481 e. The first kappa shape index (κ1) is 12.8. The van der Waals surface area contributed by atoms with E-state index < -0.39 is 18.0 Å². The van der Waals surface area contributed by atoms with Gasteiger partial charge < -0.3 is 15.6 Å². The van der Waals surface area contributed by atoms with E-state index in [0.717, 1.165) is 0 Å². The molecule has 98 valence electrons. The van der Waals surface area contributed by atoms with E-state index in [4.69, 9.17) is 5.73 Å². The van der Waals surface area contributed by atoms with Crippen molar-refractivity contribution in [2.75, 3.05) is 0 Å². The van der Waals surface area contributed by atoms with Gasteiger partial charge in [-0.05, 0) is 30.5 Å². The predicted molar refractivity (Wildman–Crippen MR) is 59.6 cm³/mol. The summed E-state index contributed by atoms with van der Waals surface area (Å²) in [5.74, 6) is -1.03. The first-order valence-corrected chi connectivity index (χ1v) is 5.48. The first-order valence-electron chi connectivity index (χ1n) is 5.48. The van der Waals surface area contributed by atoms with E-state index in [1.165, 1.54) is 18.2 Å². The third kappa shape index (κ3) is 2.15. The van der Waals surface area contributed by atoms with Gasteiger partial charge in [0.05, 0.1) is 5.41 Å². The number of carboxylic acid groups (broad SMARTS) is 1. The molecule has 0 aliphatic heterocycles. The highest BCUT2D eigenvalue weighted by Crippen LogP contribution is 2.44. The van der Waals surface area contributed by atoms with Crippen LogP contribution in [0.2, 0.25) is 0 Å². The minimum absolute atomic E-state index is 0.0383. The van der Waals surface area contributed by atoms with Crippen LogP contribution < -0.4 is 10.5 Å². The van der Waals surface area contributed by atoms with Gasteiger partial charge in [-0.2, -0.15) is 8.78 Å². The van der Waals surface area contributed by atoms with Crippen molar-refractivity contribution in [1.82, 2.24) is 0 Å². The van der Waals surface area contributed by atoms with E-state index in [0.29, 0.717) is 18.4 Å². The van der Waals surface area contributed by atoms with Gasteiger partial charge in [0.15, 0.2) is 0 Å². The second-order valence-electron chi connectivity index (χ2n) is 4.46. The number of carbonyl (C=O) groups is 1. The molecular weight excluding hydrogens is 244 g/mol. The van der Waals surface area contributed by atoms with E-state index in [1.54, 1.807) is 6.07 Å². The fourth-order valence-corrected chi connectivity index (χ4v) is 2.34. The maximum absolute atomic E-state index is 12.1. The zero-order valence-electron chi connectivity index (χ0n) is 9.48. The van der Waals surface area contributed by atoms with Gasteiger partial charge in [-0.3, -0.25) is 4.79 Å². The van der Waals surface area contributed by atoms with Crippen LogP contribution in [0.5, 0.6) is 5.75 Å². The molecule has 0 radical (unpaired) electrons. The Balaban J connectivity index is 2.29. The third-order valence-electron chi connectivity index (χ3n) is 3.24. The van der Waals surface area contributed by atoms with Crippen LogP contribution >= 0.6 is 0 Å². The van der Waals surface area contributed by atoms with Crippen LogP contribution in [0, 0.1) is 0 Å². The summed E-state index contributed by atoms with van der Waals surface area (Å²) < 4.78 is 28.5. The van der Waals surface area contributed by atoms with Gasteiger partial charge in [0, 0.05) is 6.04 Å². The van der Waals surface area contributed by atoms with Gasteiger partial charge in [0.2, 0.25) is 0 Å². The lowest BCUT2D eigenvalue weighted by Crippen LogP contribution is -2.54. The lowest BCUT2D eigenvalue weighted by Gasteiger charge is -2.43. The monoisotopic (exact) mass is 257 g/mol. The zero-order chi connectivity index (χ0) is 13.3. The summed E-state index contributed by atoms with van der Waals surface area (Å²) >= 11 is 0. The molecule has 0 amide bonds. The third-order valence-corrected chi connectivity index (χ3v) is 3.24. The molecule has 0 unspecified atom stereocenters. The topological polar surface area (TPSA) is 72.6 Å². The van der Waals surface area contributed by atoms with Crippen LogP contribution in [0.1, 0.15) is 18.4 Å². The summed E-state index contributed by atoms with van der Waals surface area (Å²) in [6, 6.07) is 5.64. The van der Waals surface area contributed by atoms with E-state index in [1.807, 2.05) is 0 Å². The van der Waals surface area contributed by atoms with E-state index in [2.05, 4.69) is 4.74 Å². The molecule has 1 aliphatic carbocycles. The number of aliphatic carboxylic acids is 1. The number of ether oxygens (including phenoxy) is 1. The fraction of sp³-hybridized carbons (Fsp3) is 0.417. The van der Waals surface area contributed by atoms with Crippen LogP contribution in [0.3, 0.4) is 0 Å². The number of nitrogens with two attached hydrogens (primary N) is 1. The summed E-state index contributed by atoms with van der Waals surface area (Å²) in [5, 5.41) is 9.28. The van der Waals surface area contributed by atoms with Crippen molar-refractivity contribution in [3.05, 3.63) is 29.8 Å². The van der Waals surface area contributed by atoms with Crippen LogP contribution in [-0.4, -0.2) is 23.7 Å². The standard InChI is InChI=1S/C12H13F2NO3/c13-11(14)18-9-3-1-2-7(4-9)12(10(16)17)5-8(15)6-12/h1-4,8,11H,5-6,15H2,(H,16,17). The van der Waals surface area contributed by atoms with Crippen molar-refractivity contribution in [3.8, 4) is 5.75 Å². The molecule has 0 atom stereocenters. The molecule has 0 aromatic heterocycles. The molecule has 6 heteroatoms. The maximum Gasteiger partial charge on any atom is 0.387 e. The molecule has 2 rings (SSSR count). The van der Waals surface area contributed by atoms with Gasteiger partial charge in [-0.25, -0.2) is 0 Å². The van der Waals surface area contributed by atoms with Crippen LogP contribution in [0.25, 0.3) is 0 Å². The minimum Gasteiger partial charge on any atom is -0.481 e. The molecular formula is C12H13F2NO3. The highest BCUT2D eigenvalue weighted by atomic mass is 19.3. The number of carboxylic acids is 1. The number of alkyl halides is 2. The summed E-state index contributed by atoms with van der Waals surface area (Å²) in [4.78, 5) is 11.3. The van der Waals surface area contributed by atoms with Gasteiger partial charge in [0.1, 0.15) is 5.75 Å². The number of halogens is 2.